The molecule has 0 aliphatic heterocycles. The normalized spacial score (nSPS) is 11.8. The van der Waals surface area contributed by atoms with E-state index in [-0.39, 0.29) is 17.9 Å². The minimum Gasteiger partial charge on any atom is -0.359 e. The highest BCUT2D eigenvalue weighted by atomic mass is 79.9. The molecule has 1 aromatic heterocycles. The lowest BCUT2D eigenvalue weighted by Crippen LogP contribution is -2.39. The number of hydrogen-bond acceptors (Lipinski definition) is 3. The molecule has 1 heterocycles. The molecule has 1 atom stereocenters. The van der Waals surface area contributed by atoms with Crippen molar-refractivity contribution in [1.82, 2.24) is 20.0 Å². The van der Waals surface area contributed by atoms with Crippen molar-refractivity contribution in [2.24, 2.45) is 5.92 Å². The predicted octanol–water partition coefficient (Wildman–Crippen LogP) is 3.41. The molecule has 27 heavy (non-hydrogen) atoms. The maximum Gasteiger partial charge on any atom is 0.322 e. The van der Waals surface area contributed by atoms with Crippen molar-refractivity contribution >= 4 is 33.7 Å². The van der Waals surface area contributed by atoms with Gasteiger partial charge in [0.05, 0.1) is 21.8 Å². The van der Waals surface area contributed by atoms with Crippen LogP contribution < -0.4 is 10.6 Å². The van der Waals surface area contributed by atoms with Gasteiger partial charge in [0.1, 0.15) is 0 Å². The van der Waals surface area contributed by atoms with Crippen LogP contribution in [0.2, 0.25) is 0 Å². The van der Waals surface area contributed by atoms with Gasteiger partial charge in [0, 0.05) is 20.6 Å². The zero-order valence-corrected chi connectivity index (χ0v) is 18.1. The van der Waals surface area contributed by atoms with Gasteiger partial charge in [-0.15, -0.1) is 0 Å². The lowest BCUT2D eigenvalue weighted by atomic mass is 10.1. The Balaban J connectivity index is 2.28. The van der Waals surface area contributed by atoms with E-state index in [4.69, 9.17) is 0 Å². The highest BCUT2D eigenvalue weighted by Crippen LogP contribution is 2.29. The quantitative estimate of drug-likeness (QED) is 0.754. The summed E-state index contributed by atoms with van der Waals surface area (Å²) in [4.78, 5) is 25.8. The molecule has 146 valence electrons. The molecule has 2 rings (SSSR count). The van der Waals surface area contributed by atoms with Crippen LogP contribution in [0.3, 0.4) is 0 Å². The lowest BCUT2D eigenvalue weighted by molar-refractivity contribution is -0.124. The number of urea groups is 1. The van der Waals surface area contributed by atoms with Gasteiger partial charge in [-0.1, -0.05) is 13.0 Å². The van der Waals surface area contributed by atoms with Crippen LogP contribution in [0, 0.1) is 26.7 Å². The maximum atomic E-state index is 12.7. The standard InChI is InChI=1S/C19H26BrN5O2/c1-11-7-12(2)9-15(8-11)25-17(16(20)14(4)23-25)22-19(27)24(6)10-13(3)18(26)21-5/h7-9,13H,10H2,1-6H3,(H,21,26)(H,22,27)/t13-/m0/s1. The second kappa shape index (κ2) is 8.56. The first-order chi connectivity index (χ1) is 12.6. The maximum absolute atomic E-state index is 12.7. The molecular weight excluding hydrogens is 410 g/mol. The van der Waals surface area contributed by atoms with Crippen molar-refractivity contribution in [3.8, 4) is 5.69 Å². The van der Waals surface area contributed by atoms with E-state index in [9.17, 15) is 9.59 Å². The van der Waals surface area contributed by atoms with E-state index in [0.29, 0.717) is 12.4 Å². The number of hydrogen-bond donors (Lipinski definition) is 2. The largest absolute Gasteiger partial charge is 0.359 e. The molecule has 8 heteroatoms. The Kier molecular flexibility index (Phi) is 6.64. The van der Waals surface area contributed by atoms with Crippen LogP contribution in [0.4, 0.5) is 10.6 Å². The number of benzene rings is 1. The Morgan fingerprint density at radius 2 is 1.81 bits per heavy atom. The SMILES string of the molecule is CNC(=O)[C@@H](C)CN(C)C(=O)Nc1c(Br)c(C)nn1-c1cc(C)cc(C)c1. The lowest BCUT2D eigenvalue weighted by Gasteiger charge is -2.21. The molecule has 1 aromatic carbocycles. The van der Waals surface area contributed by atoms with Gasteiger partial charge < -0.3 is 10.2 Å². The van der Waals surface area contributed by atoms with E-state index in [1.807, 2.05) is 32.9 Å². The summed E-state index contributed by atoms with van der Waals surface area (Å²) in [5.41, 5.74) is 3.87. The minimum atomic E-state index is -0.308. The van der Waals surface area contributed by atoms with E-state index >= 15 is 0 Å². The number of nitrogens with one attached hydrogen (secondary N) is 2. The summed E-state index contributed by atoms with van der Waals surface area (Å²) in [6.45, 7) is 8.00. The van der Waals surface area contributed by atoms with Crippen LogP contribution in [-0.2, 0) is 4.79 Å². The van der Waals surface area contributed by atoms with Gasteiger partial charge in [-0.2, -0.15) is 5.10 Å². The first kappa shape index (κ1) is 21.0. The zero-order valence-electron chi connectivity index (χ0n) is 16.6. The molecule has 0 aliphatic rings. The summed E-state index contributed by atoms with van der Waals surface area (Å²) in [6, 6.07) is 5.80. The number of amides is 3. The monoisotopic (exact) mass is 435 g/mol. The summed E-state index contributed by atoms with van der Waals surface area (Å²) in [6.07, 6.45) is 0. The molecule has 0 fully saturated rings. The van der Waals surface area contributed by atoms with Crippen LogP contribution in [0.25, 0.3) is 5.69 Å². The number of carbonyl (C=O) groups excluding carboxylic acids is 2. The van der Waals surface area contributed by atoms with Crippen molar-refractivity contribution < 1.29 is 9.59 Å². The third-order valence-corrected chi connectivity index (χ3v) is 5.20. The smallest absolute Gasteiger partial charge is 0.322 e. The number of rotatable bonds is 5. The van der Waals surface area contributed by atoms with E-state index in [0.717, 1.165) is 27.0 Å². The van der Waals surface area contributed by atoms with Gasteiger partial charge in [-0.25, -0.2) is 9.48 Å². The van der Waals surface area contributed by atoms with Crippen molar-refractivity contribution in [1.29, 1.82) is 0 Å². The molecule has 2 aromatic rings. The highest BCUT2D eigenvalue weighted by molar-refractivity contribution is 9.10. The Bertz CT molecular complexity index is 842. The molecule has 0 aliphatic carbocycles. The number of anilines is 1. The Labute approximate surface area is 168 Å². The average Bonchev–Trinajstić information content (AvgIpc) is 2.88. The van der Waals surface area contributed by atoms with Crippen LogP contribution in [0.5, 0.6) is 0 Å². The van der Waals surface area contributed by atoms with Gasteiger partial charge in [-0.05, 0) is 60.0 Å². The first-order valence-corrected chi connectivity index (χ1v) is 9.50. The fraction of sp³-hybridized carbons (Fsp3) is 0.421. The second-order valence-electron chi connectivity index (χ2n) is 6.83. The summed E-state index contributed by atoms with van der Waals surface area (Å²) in [5, 5.41) is 10.1. The molecule has 0 saturated heterocycles. The van der Waals surface area contributed by atoms with Gasteiger partial charge in [0.15, 0.2) is 5.82 Å². The summed E-state index contributed by atoms with van der Waals surface area (Å²) >= 11 is 3.52. The third kappa shape index (κ3) is 4.88. The number of aryl methyl sites for hydroxylation is 3. The summed E-state index contributed by atoms with van der Waals surface area (Å²) < 4.78 is 2.44. The topological polar surface area (TPSA) is 79.3 Å². The van der Waals surface area contributed by atoms with Gasteiger partial charge in [0.25, 0.3) is 0 Å². The number of halogens is 1. The predicted molar refractivity (Wildman–Crippen MR) is 110 cm³/mol. The average molecular weight is 436 g/mol. The van der Waals surface area contributed by atoms with Gasteiger partial charge >= 0.3 is 6.03 Å². The van der Waals surface area contributed by atoms with E-state index in [2.05, 4.69) is 37.7 Å². The zero-order chi connectivity index (χ0) is 20.3. The molecule has 0 spiro atoms. The van der Waals surface area contributed by atoms with E-state index < -0.39 is 0 Å². The number of nitrogens with zero attached hydrogens (tertiary/aromatic N) is 3. The Morgan fingerprint density at radius 3 is 2.37 bits per heavy atom. The third-order valence-electron chi connectivity index (χ3n) is 4.25. The number of aromatic nitrogens is 2. The summed E-state index contributed by atoms with van der Waals surface area (Å²) in [7, 11) is 3.24. The van der Waals surface area contributed by atoms with Crippen molar-refractivity contribution in [2.45, 2.75) is 27.7 Å². The Morgan fingerprint density at radius 1 is 1.22 bits per heavy atom. The van der Waals surface area contributed by atoms with Gasteiger partial charge in [-0.3, -0.25) is 10.1 Å². The number of carbonyl (C=O) groups is 2. The molecule has 0 bridgehead atoms. The van der Waals surface area contributed by atoms with Crippen LogP contribution in [-0.4, -0.2) is 47.3 Å². The van der Waals surface area contributed by atoms with Crippen molar-refractivity contribution in [3.05, 3.63) is 39.5 Å². The van der Waals surface area contributed by atoms with Crippen molar-refractivity contribution in [3.63, 3.8) is 0 Å². The van der Waals surface area contributed by atoms with Gasteiger partial charge in [0.2, 0.25) is 5.91 Å². The minimum absolute atomic E-state index is 0.105. The molecule has 3 amide bonds. The molecule has 0 radical (unpaired) electrons. The molecule has 2 N–H and O–H groups in total. The molecular formula is C19H26BrN5O2. The van der Waals surface area contributed by atoms with Crippen LogP contribution >= 0.6 is 15.9 Å². The molecule has 0 saturated carbocycles. The van der Waals surface area contributed by atoms with E-state index in [1.165, 1.54) is 4.90 Å². The molecule has 7 nitrogen and oxygen atoms in total. The van der Waals surface area contributed by atoms with E-state index in [1.54, 1.807) is 25.7 Å². The second-order valence-corrected chi connectivity index (χ2v) is 7.62. The molecule has 0 unspecified atom stereocenters. The fourth-order valence-corrected chi connectivity index (χ4v) is 3.24. The van der Waals surface area contributed by atoms with Crippen molar-refractivity contribution in [2.75, 3.05) is 26.0 Å². The van der Waals surface area contributed by atoms with Crippen LogP contribution in [0.1, 0.15) is 23.7 Å². The van der Waals surface area contributed by atoms with Crippen LogP contribution in [0.15, 0.2) is 22.7 Å². The first-order valence-electron chi connectivity index (χ1n) is 8.71. The summed E-state index contributed by atoms with van der Waals surface area (Å²) in [5.74, 6) is 0.147. The Hall–Kier alpha value is -2.35. The highest BCUT2D eigenvalue weighted by Gasteiger charge is 2.21. The fourth-order valence-electron chi connectivity index (χ4n) is 2.90.